The molecule has 1 aromatic rings. The maximum absolute atomic E-state index is 5.18. The molecule has 1 aliphatic rings. The van der Waals surface area contributed by atoms with E-state index in [0.29, 0.717) is 0 Å². The van der Waals surface area contributed by atoms with Gasteiger partial charge in [0.15, 0.2) is 5.06 Å². The molecule has 1 heterocycles. The lowest BCUT2D eigenvalue weighted by molar-refractivity contribution is 0.373. The third kappa shape index (κ3) is 3.21. The van der Waals surface area contributed by atoms with Crippen LogP contribution < -0.4 is 10.1 Å². The van der Waals surface area contributed by atoms with Crippen LogP contribution in [0.4, 0.5) is 0 Å². The molecule has 0 saturated heterocycles. The Morgan fingerprint density at radius 1 is 1.33 bits per heavy atom. The topological polar surface area (TPSA) is 21.3 Å². The second-order valence-corrected chi connectivity index (χ2v) is 5.27. The molecule has 0 spiro atoms. The monoisotopic (exact) mass is 225 g/mol. The largest absolute Gasteiger partial charge is 0.487 e. The Labute approximate surface area is 95.6 Å². The van der Waals surface area contributed by atoms with Gasteiger partial charge in [0.25, 0.3) is 0 Å². The van der Waals surface area contributed by atoms with Gasteiger partial charge in [0, 0.05) is 17.5 Å². The molecule has 0 aromatic carbocycles. The third-order valence-electron chi connectivity index (χ3n) is 3.01. The van der Waals surface area contributed by atoms with Gasteiger partial charge in [-0.1, -0.05) is 19.3 Å². The molecule has 15 heavy (non-hydrogen) atoms. The Balaban J connectivity index is 1.76. The van der Waals surface area contributed by atoms with Gasteiger partial charge in [-0.2, -0.15) is 0 Å². The van der Waals surface area contributed by atoms with Crippen molar-refractivity contribution < 1.29 is 4.74 Å². The quantitative estimate of drug-likeness (QED) is 0.849. The first kappa shape index (κ1) is 11.0. The van der Waals surface area contributed by atoms with Crippen LogP contribution in [0.1, 0.15) is 37.0 Å². The highest BCUT2D eigenvalue weighted by Gasteiger charge is 2.12. The highest BCUT2D eigenvalue weighted by atomic mass is 32.1. The molecule has 0 unspecified atom stereocenters. The number of hydrogen-bond donors (Lipinski definition) is 1. The average molecular weight is 225 g/mol. The van der Waals surface area contributed by atoms with Crippen LogP contribution in [0.3, 0.4) is 0 Å². The fraction of sp³-hybridized carbons (Fsp3) is 0.667. The molecule has 1 aromatic heterocycles. The van der Waals surface area contributed by atoms with E-state index >= 15 is 0 Å². The van der Waals surface area contributed by atoms with Gasteiger partial charge < -0.3 is 10.1 Å². The van der Waals surface area contributed by atoms with Gasteiger partial charge in [0.1, 0.15) is 0 Å². The summed E-state index contributed by atoms with van der Waals surface area (Å²) in [6.07, 6.45) is 6.91. The predicted molar refractivity (Wildman–Crippen MR) is 64.6 cm³/mol. The van der Waals surface area contributed by atoms with Crippen LogP contribution in [0.5, 0.6) is 5.06 Å². The van der Waals surface area contributed by atoms with E-state index in [-0.39, 0.29) is 0 Å². The minimum absolute atomic E-state index is 0.742. The second-order valence-electron chi connectivity index (χ2n) is 4.14. The van der Waals surface area contributed by atoms with Crippen molar-refractivity contribution in [2.24, 2.45) is 0 Å². The molecular weight excluding hydrogens is 206 g/mol. The molecule has 1 aliphatic carbocycles. The van der Waals surface area contributed by atoms with Crippen molar-refractivity contribution in [2.45, 2.75) is 44.7 Å². The number of ether oxygens (including phenoxy) is 1. The molecule has 0 bridgehead atoms. The Morgan fingerprint density at radius 2 is 2.13 bits per heavy atom. The fourth-order valence-electron chi connectivity index (χ4n) is 2.11. The van der Waals surface area contributed by atoms with E-state index < -0.39 is 0 Å². The molecular formula is C12H19NOS. The highest BCUT2D eigenvalue weighted by Crippen LogP contribution is 2.24. The van der Waals surface area contributed by atoms with Crippen LogP contribution in [0, 0.1) is 0 Å². The van der Waals surface area contributed by atoms with Crippen LogP contribution in [-0.2, 0) is 6.54 Å². The zero-order valence-electron chi connectivity index (χ0n) is 9.29. The molecule has 0 amide bonds. The summed E-state index contributed by atoms with van der Waals surface area (Å²) in [7, 11) is 1.73. The van der Waals surface area contributed by atoms with Gasteiger partial charge >= 0.3 is 0 Å². The maximum atomic E-state index is 5.18. The van der Waals surface area contributed by atoms with Gasteiger partial charge in [-0.25, -0.2) is 0 Å². The summed E-state index contributed by atoms with van der Waals surface area (Å²) >= 11 is 1.74. The maximum Gasteiger partial charge on any atom is 0.173 e. The Kier molecular flexibility index (Phi) is 4.03. The van der Waals surface area contributed by atoms with Crippen molar-refractivity contribution in [1.82, 2.24) is 5.32 Å². The smallest absolute Gasteiger partial charge is 0.173 e. The predicted octanol–water partition coefficient (Wildman–Crippen LogP) is 3.18. The lowest BCUT2D eigenvalue weighted by Gasteiger charge is -2.22. The van der Waals surface area contributed by atoms with E-state index in [1.165, 1.54) is 37.0 Å². The minimum atomic E-state index is 0.742. The van der Waals surface area contributed by atoms with E-state index in [0.717, 1.165) is 17.6 Å². The first-order valence-corrected chi connectivity index (χ1v) is 6.56. The van der Waals surface area contributed by atoms with Crippen molar-refractivity contribution in [2.75, 3.05) is 7.11 Å². The number of rotatable bonds is 4. The summed E-state index contributed by atoms with van der Waals surface area (Å²) in [5.74, 6) is 0. The van der Waals surface area contributed by atoms with Crippen molar-refractivity contribution in [1.29, 1.82) is 0 Å². The number of thiophene rings is 1. The zero-order valence-corrected chi connectivity index (χ0v) is 10.1. The van der Waals surface area contributed by atoms with E-state index in [1.807, 2.05) is 6.07 Å². The molecule has 1 fully saturated rings. The summed E-state index contributed by atoms with van der Waals surface area (Å²) in [5, 5.41) is 4.64. The Bertz CT molecular complexity index is 292. The summed E-state index contributed by atoms with van der Waals surface area (Å²) < 4.78 is 5.18. The molecule has 0 atom stereocenters. The SMILES string of the molecule is COc1ccc(CNC2CCCCC2)s1. The normalized spacial score (nSPS) is 17.9. The van der Waals surface area contributed by atoms with Crippen LogP contribution in [0.25, 0.3) is 0 Å². The van der Waals surface area contributed by atoms with E-state index in [1.54, 1.807) is 18.4 Å². The van der Waals surface area contributed by atoms with Gasteiger partial charge in [-0.3, -0.25) is 0 Å². The first-order chi connectivity index (χ1) is 7.38. The van der Waals surface area contributed by atoms with Crippen LogP contribution >= 0.6 is 11.3 Å². The van der Waals surface area contributed by atoms with Crippen molar-refractivity contribution in [3.05, 3.63) is 17.0 Å². The van der Waals surface area contributed by atoms with Gasteiger partial charge in [0.2, 0.25) is 0 Å². The van der Waals surface area contributed by atoms with Crippen molar-refractivity contribution >= 4 is 11.3 Å². The van der Waals surface area contributed by atoms with Gasteiger partial charge in [-0.05, 0) is 25.0 Å². The molecule has 2 rings (SSSR count). The number of nitrogens with one attached hydrogen (secondary N) is 1. The highest BCUT2D eigenvalue weighted by molar-refractivity contribution is 7.13. The van der Waals surface area contributed by atoms with Gasteiger partial charge in [-0.15, -0.1) is 11.3 Å². The first-order valence-electron chi connectivity index (χ1n) is 5.74. The minimum Gasteiger partial charge on any atom is -0.487 e. The molecule has 2 nitrogen and oxygen atoms in total. The Morgan fingerprint density at radius 3 is 2.80 bits per heavy atom. The summed E-state index contributed by atoms with van der Waals surface area (Å²) in [6.45, 7) is 0.999. The molecule has 3 heteroatoms. The summed E-state index contributed by atoms with van der Waals surface area (Å²) in [6, 6.07) is 4.94. The van der Waals surface area contributed by atoms with Crippen molar-refractivity contribution in [3.8, 4) is 5.06 Å². The summed E-state index contributed by atoms with van der Waals surface area (Å²) in [5.41, 5.74) is 0. The molecule has 0 radical (unpaired) electrons. The number of hydrogen-bond acceptors (Lipinski definition) is 3. The van der Waals surface area contributed by atoms with Crippen LogP contribution in [-0.4, -0.2) is 13.2 Å². The molecule has 1 saturated carbocycles. The third-order valence-corrected chi connectivity index (χ3v) is 4.05. The van der Waals surface area contributed by atoms with Gasteiger partial charge in [0.05, 0.1) is 7.11 Å². The second kappa shape index (κ2) is 5.52. The standard InChI is InChI=1S/C12H19NOS/c1-14-12-8-7-11(15-12)9-13-10-5-3-2-4-6-10/h7-8,10,13H,2-6,9H2,1H3. The van der Waals surface area contributed by atoms with Crippen LogP contribution in [0.2, 0.25) is 0 Å². The van der Waals surface area contributed by atoms with Crippen LogP contribution in [0.15, 0.2) is 12.1 Å². The zero-order chi connectivity index (χ0) is 10.5. The average Bonchev–Trinajstić information content (AvgIpc) is 2.76. The molecule has 1 N–H and O–H groups in total. The Hall–Kier alpha value is -0.540. The lowest BCUT2D eigenvalue weighted by Crippen LogP contribution is -2.30. The molecule has 0 aliphatic heterocycles. The molecule has 84 valence electrons. The van der Waals surface area contributed by atoms with E-state index in [9.17, 15) is 0 Å². The summed E-state index contributed by atoms with van der Waals surface area (Å²) in [4.78, 5) is 1.37. The van der Waals surface area contributed by atoms with E-state index in [2.05, 4.69) is 11.4 Å². The number of methoxy groups -OCH3 is 1. The van der Waals surface area contributed by atoms with Crippen molar-refractivity contribution in [3.63, 3.8) is 0 Å². The fourth-order valence-corrected chi connectivity index (χ4v) is 2.88. The lowest BCUT2D eigenvalue weighted by atomic mass is 9.95. The van der Waals surface area contributed by atoms with E-state index in [4.69, 9.17) is 4.74 Å².